The van der Waals surface area contributed by atoms with Gasteiger partial charge in [-0.2, -0.15) is 0 Å². The molecule has 1 aliphatic rings. The first-order chi connectivity index (χ1) is 21.6. The molecule has 0 saturated carbocycles. The van der Waals surface area contributed by atoms with Crippen LogP contribution in [0.15, 0.2) is 109 Å². The van der Waals surface area contributed by atoms with Crippen LogP contribution >= 0.6 is 0 Å². The fraction of sp³-hybridized carbons (Fsp3) is 0.132. The molecule has 44 heavy (non-hydrogen) atoms. The molecule has 6 heteroatoms. The number of rotatable bonds is 5. The van der Waals surface area contributed by atoms with Gasteiger partial charge in [0, 0.05) is 35.3 Å². The van der Waals surface area contributed by atoms with Crippen LogP contribution in [-0.4, -0.2) is 26.1 Å². The number of carbonyl (C=O) groups is 1. The van der Waals surface area contributed by atoms with E-state index in [0.717, 1.165) is 41.6 Å². The zero-order valence-electron chi connectivity index (χ0n) is 24.0. The fourth-order valence-corrected chi connectivity index (χ4v) is 7.12. The van der Waals surface area contributed by atoms with Crippen LogP contribution in [0.3, 0.4) is 0 Å². The minimum atomic E-state index is -0.578. The van der Waals surface area contributed by atoms with Gasteiger partial charge in [0.2, 0.25) is 0 Å². The van der Waals surface area contributed by atoms with Crippen molar-refractivity contribution in [1.82, 2.24) is 20.4 Å². The molecule has 6 nitrogen and oxygen atoms in total. The summed E-state index contributed by atoms with van der Waals surface area (Å²) in [7, 11) is 0. The molecule has 8 rings (SSSR count). The molecule has 1 amide bonds. The number of amides is 1. The number of aromatic amines is 1. The molecule has 1 aliphatic carbocycles. The van der Waals surface area contributed by atoms with Crippen LogP contribution < -0.4 is 5.48 Å². The summed E-state index contributed by atoms with van der Waals surface area (Å²) in [6, 6.07) is 32.1. The molecule has 0 bridgehead atoms. The third-order valence-corrected chi connectivity index (χ3v) is 9.27. The zero-order valence-corrected chi connectivity index (χ0v) is 24.0. The van der Waals surface area contributed by atoms with Crippen LogP contribution in [0.1, 0.15) is 33.9 Å². The average Bonchev–Trinajstić information content (AvgIpc) is 3.48. The topological polar surface area (TPSA) is 90.9 Å². The molecule has 2 unspecified atom stereocenters. The lowest BCUT2D eigenvalue weighted by atomic mass is 9.71. The largest absolute Gasteiger partial charge is 0.361 e. The summed E-state index contributed by atoms with van der Waals surface area (Å²) in [6.07, 6.45) is 9.85. The molecule has 214 valence electrons. The van der Waals surface area contributed by atoms with E-state index in [9.17, 15) is 4.79 Å². The molecule has 5 aromatic carbocycles. The second kappa shape index (κ2) is 10.7. The van der Waals surface area contributed by atoms with Crippen LogP contribution in [0.25, 0.3) is 49.6 Å². The van der Waals surface area contributed by atoms with E-state index < -0.39 is 5.91 Å². The number of nitrogens with zero attached hydrogens (tertiary/aromatic N) is 2. The first-order valence-electron chi connectivity index (χ1n) is 15.0. The third kappa shape index (κ3) is 4.60. The molecule has 2 atom stereocenters. The van der Waals surface area contributed by atoms with Crippen molar-refractivity contribution < 1.29 is 10.0 Å². The smallest absolute Gasteiger partial charge is 0.267 e. The van der Waals surface area contributed by atoms with Crippen LogP contribution in [0, 0.1) is 5.92 Å². The first-order valence-corrected chi connectivity index (χ1v) is 15.0. The maximum absolute atomic E-state index is 11.4. The van der Waals surface area contributed by atoms with Crippen molar-refractivity contribution in [1.29, 1.82) is 0 Å². The Labute approximate surface area is 254 Å². The summed E-state index contributed by atoms with van der Waals surface area (Å²) in [5.74, 6) is -0.0330. The van der Waals surface area contributed by atoms with E-state index in [-0.39, 0.29) is 5.92 Å². The van der Waals surface area contributed by atoms with Crippen molar-refractivity contribution in [3.8, 4) is 0 Å². The van der Waals surface area contributed by atoms with E-state index in [2.05, 4.69) is 84.0 Å². The van der Waals surface area contributed by atoms with Crippen molar-refractivity contribution >= 4 is 55.5 Å². The van der Waals surface area contributed by atoms with Crippen molar-refractivity contribution in [2.24, 2.45) is 5.92 Å². The number of hydrogen-bond acceptors (Lipinski definition) is 4. The molecule has 0 aliphatic heterocycles. The van der Waals surface area contributed by atoms with Crippen LogP contribution in [-0.2, 0) is 24.1 Å². The van der Waals surface area contributed by atoms with E-state index in [0.29, 0.717) is 5.92 Å². The van der Waals surface area contributed by atoms with Gasteiger partial charge in [-0.15, -0.1) is 0 Å². The quantitative estimate of drug-likeness (QED) is 0.0851. The number of hydroxylamine groups is 1. The normalized spacial score (nSPS) is 16.7. The van der Waals surface area contributed by atoms with Crippen LogP contribution in [0.2, 0.25) is 0 Å². The van der Waals surface area contributed by atoms with Gasteiger partial charge in [-0.25, -0.2) is 10.5 Å². The lowest BCUT2D eigenvalue weighted by Crippen LogP contribution is -2.27. The molecule has 7 aromatic rings. The Bertz CT molecular complexity index is 2250. The summed E-state index contributed by atoms with van der Waals surface area (Å²) in [6.45, 7) is 0. The maximum atomic E-state index is 11.4. The third-order valence-electron chi connectivity index (χ3n) is 9.27. The van der Waals surface area contributed by atoms with Crippen LogP contribution in [0.4, 0.5) is 0 Å². The number of hydrogen-bond donors (Lipinski definition) is 3. The lowest BCUT2D eigenvalue weighted by Gasteiger charge is -2.34. The second-order valence-corrected chi connectivity index (χ2v) is 11.8. The second-order valence-electron chi connectivity index (χ2n) is 11.8. The Morgan fingerprint density at radius 3 is 2.64 bits per heavy atom. The number of benzene rings is 5. The minimum Gasteiger partial charge on any atom is -0.361 e. The number of para-hydroxylation sites is 1. The van der Waals surface area contributed by atoms with Gasteiger partial charge in [-0.3, -0.25) is 15.0 Å². The summed E-state index contributed by atoms with van der Waals surface area (Å²) in [5, 5.41) is 15.2. The van der Waals surface area contributed by atoms with E-state index in [1.54, 1.807) is 11.6 Å². The van der Waals surface area contributed by atoms with Gasteiger partial charge in [0.25, 0.3) is 5.91 Å². The van der Waals surface area contributed by atoms with Gasteiger partial charge < -0.3 is 4.98 Å². The molecular formula is C38H30N4O2. The van der Waals surface area contributed by atoms with Gasteiger partial charge in [-0.1, -0.05) is 72.8 Å². The highest BCUT2D eigenvalue weighted by molar-refractivity contribution is 6.08. The zero-order chi connectivity index (χ0) is 29.6. The number of carbonyl (C=O) groups excluding carboxylic acids is 1. The summed E-state index contributed by atoms with van der Waals surface area (Å²) in [4.78, 5) is 24.9. The van der Waals surface area contributed by atoms with Gasteiger partial charge in [0.15, 0.2) is 0 Å². The number of fused-ring (bicyclic) bond motifs is 7. The minimum absolute atomic E-state index is 0.193. The SMILES string of the molecule is O=C(/C=C/c1ccc2nc(C3Cc4c(ccc5c4ccc4ccccc45)CC3Cc3c[nH]c4ccccc34)cnc2c1)NO. The molecule has 0 saturated heterocycles. The van der Waals surface area contributed by atoms with Gasteiger partial charge in [0.05, 0.1) is 16.7 Å². The van der Waals surface area contributed by atoms with Crippen molar-refractivity contribution in [3.05, 3.63) is 137 Å². The maximum Gasteiger partial charge on any atom is 0.267 e. The Kier molecular flexibility index (Phi) is 6.42. The predicted octanol–water partition coefficient (Wildman–Crippen LogP) is 7.68. The van der Waals surface area contributed by atoms with E-state index in [1.165, 1.54) is 55.2 Å². The van der Waals surface area contributed by atoms with Crippen molar-refractivity contribution in [2.75, 3.05) is 0 Å². The highest BCUT2D eigenvalue weighted by Gasteiger charge is 2.33. The molecule has 0 fully saturated rings. The Morgan fingerprint density at radius 1 is 0.886 bits per heavy atom. The Hall–Kier alpha value is -5.33. The van der Waals surface area contributed by atoms with Crippen molar-refractivity contribution in [3.63, 3.8) is 0 Å². The van der Waals surface area contributed by atoms with Gasteiger partial charge >= 0.3 is 0 Å². The number of nitrogens with one attached hydrogen (secondary N) is 2. The Morgan fingerprint density at radius 2 is 1.73 bits per heavy atom. The highest BCUT2D eigenvalue weighted by Crippen LogP contribution is 2.43. The first kappa shape index (κ1) is 26.3. The van der Waals surface area contributed by atoms with E-state index in [1.807, 2.05) is 24.4 Å². The monoisotopic (exact) mass is 574 g/mol. The molecule has 2 aromatic heterocycles. The highest BCUT2D eigenvalue weighted by atomic mass is 16.5. The molecule has 0 spiro atoms. The number of aromatic nitrogens is 3. The summed E-state index contributed by atoms with van der Waals surface area (Å²) in [5.41, 5.74) is 10.4. The molecule has 2 heterocycles. The lowest BCUT2D eigenvalue weighted by molar-refractivity contribution is -0.124. The predicted molar refractivity (Wildman–Crippen MR) is 176 cm³/mol. The van der Waals surface area contributed by atoms with Gasteiger partial charge in [-0.05, 0) is 93.3 Å². The van der Waals surface area contributed by atoms with E-state index in [4.69, 9.17) is 15.2 Å². The van der Waals surface area contributed by atoms with E-state index >= 15 is 0 Å². The average molecular weight is 575 g/mol. The molecular weight excluding hydrogens is 544 g/mol. The van der Waals surface area contributed by atoms with Crippen molar-refractivity contribution in [2.45, 2.75) is 25.2 Å². The number of H-pyrrole nitrogens is 1. The van der Waals surface area contributed by atoms with Crippen LogP contribution in [0.5, 0.6) is 0 Å². The molecule has 0 radical (unpaired) electrons. The fourth-order valence-electron chi connectivity index (χ4n) is 7.12. The molecule has 3 N–H and O–H groups in total. The van der Waals surface area contributed by atoms with Gasteiger partial charge in [0.1, 0.15) is 0 Å². The summed E-state index contributed by atoms with van der Waals surface area (Å²) >= 11 is 0. The summed E-state index contributed by atoms with van der Waals surface area (Å²) < 4.78 is 0. The standard InChI is InChI=1S/C38H30N4O2/c43-38(42-44)16-10-23-9-15-35-36(17-23)40-22-37(41-35)33-20-32-25(12-14-30-28-6-2-1-5-24(28)11-13-31(30)32)18-26(33)19-27-21-39-34-8-4-3-7-29(27)34/h1-17,21-22,26,33,39,44H,18-20H2,(H,42,43)/b16-10+. The Balaban J connectivity index is 1.22.